The number of unbranched alkanes of at least 4 members (excludes halogenated alkanes) is 14. The predicted molar refractivity (Wildman–Crippen MR) is 107 cm³/mol. The summed E-state index contributed by atoms with van der Waals surface area (Å²) in [5, 5.41) is 10.8. The second kappa shape index (κ2) is 22.6. The fraction of sp³-hybridized carbons (Fsp3) is 0.900. The molecule has 0 saturated heterocycles. The number of carbonyl (C=O) groups excluding carboxylic acids is 1. The second-order valence-corrected chi connectivity index (χ2v) is 6.87. The molecule has 25 heavy (non-hydrogen) atoms. The van der Waals surface area contributed by atoms with Crippen molar-refractivity contribution in [2.45, 2.75) is 110 Å². The van der Waals surface area contributed by atoms with Gasteiger partial charge >= 0.3 is 57.4 Å². The van der Waals surface area contributed by atoms with Gasteiger partial charge in [0.1, 0.15) is 6.54 Å². The summed E-state index contributed by atoms with van der Waals surface area (Å²) in [5.41, 5.74) is 0. The van der Waals surface area contributed by atoms with Crippen molar-refractivity contribution in [3.05, 3.63) is 0 Å². The summed E-state index contributed by atoms with van der Waals surface area (Å²) >= 11 is 0. The Hall–Kier alpha value is 0.576. The Kier molecular flexibility index (Phi) is 25.1. The van der Waals surface area contributed by atoms with Crippen LogP contribution in [-0.4, -0.2) is 74.9 Å². The van der Waals surface area contributed by atoms with E-state index in [1.165, 1.54) is 83.5 Å². The Balaban J connectivity index is 0. The molecular formula is C20H40KNO3. The number of hydrogen-bond donors (Lipinski definition) is 2. The molecule has 144 valence electrons. The summed E-state index contributed by atoms with van der Waals surface area (Å²) in [5.74, 6) is -1.13. The molecule has 0 aliphatic heterocycles. The van der Waals surface area contributed by atoms with Gasteiger partial charge in [-0.1, -0.05) is 96.8 Å². The van der Waals surface area contributed by atoms with Gasteiger partial charge in [0, 0.05) is 6.42 Å². The average molecular weight is 382 g/mol. The van der Waals surface area contributed by atoms with Gasteiger partial charge < -0.3 is 10.4 Å². The van der Waals surface area contributed by atoms with E-state index in [1.807, 2.05) is 0 Å². The summed E-state index contributed by atoms with van der Waals surface area (Å²) in [7, 11) is 0. The average Bonchev–Trinajstić information content (AvgIpc) is 2.56. The molecule has 0 fully saturated rings. The third-order valence-corrected chi connectivity index (χ3v) is 4.44. The summed E-state index contributed by atoms with van der Waals surface area (Å²) in [6, 6.07) is 0. The van der Waals surface area contributed by atoms with Crippen molar-refractivity contribution in [3.8, 4) is 0 Å². The van der Waals surface area contributed by atoms with Crippen LogP contribution in [-0.2, 0) is 9.59 Å². The molecule has 0 aromatic carbocycles. The van der Waals surface area contributed by atoms with Crippen LogP contribution in [0, 0.1) is 0 Å². The third-order valence-electron chi connectivity index (χ3n) is 4.44. The van der Waals surface area contributed by atoms with Crippen LogP contribution in [0.5, 0.6) is 0 Å². The van der Waals surface area contributed by atoms with E-state index in [1.54, 1.807) is 0 Å². The van der Waals surface area contributed by atoms with Gasteiger partial charge in [0.15, 0.2) is 0 Å². The molecule has 1 amide bonds. The van der Waals surface area contributed by atoms with Crippen molar-refractivity contribution in [2.75, 3.05) is 6.54 Å². The molecule has 2 N–H and O–H groups in total. The van der Waals surface area contributed by atoms with Gasteiger partial charge in [0.25, 0.3) is 0 Å². The van der Waals surface area contributed by atoms with E-state index in [0.717, 1.165) is 12.8 Å². The number of amides is 1. The monoisotopic (exact) mass is 381 g/mol. The van der Waals surface area contributed by atoms with Crippen LogP contribution < -0.4 is 5.32 Å². The second-order valence-electron chi connectivity index (χ2n) is 6.87. The number of carbonyl (C=O) groups is 2. The number of carboxylic acid groups (broad SMARTS) is 1. The maximum absolute atomic E-state index is 11.3. The van der Waals surface area contributed by atoms with Crippen LogP contribution in [0.2, 0.25) is 0 Å². The van der Waals surface area contributed by atoms with E-state index in [-0.39, 0.29) is 63.8 Å². The third kappa shape index (κ3) is 24.6. The Morgan fingerprint density at radius 3 is 1.40 bits per heavy atom. The van der Waals surface area contributed by atoms with Gasteiger partial charge in [0.05, 0.1) is 0 Å². The fourth-order valence-corrected chi connectivity index (χ4v) is 2.92. The quantitative estimate of drug-likeness (QED) is 0.265. The molecule has 5 heteroatoms. The number of nitrogens with one attached hydrogen (secondary N) is 1. The number of aliphatic carboxylic acids is 1. The van der Waals surface area contributed by atoms with Gasteiger partial charge in [-0.05, 0) is 6.42 Å². The zero-order chi connectivity index (χ0) is 17.9. The first kappa shape index (κ1) is 27.8. The van der Waals surface area contributed by atoms with Gasteiger partial charge in [0.2, 0.25) is 5.91 Å². The normalized spacial score (nSPS) is 10.3. The molecule has 4 nitrogen and oxygen atoms in total. The molecule has 0 atom stereocenters. The van der Waals surface area contributed by atoms with Gasteiger partial charge in [-0.3, -0.25) is 9.59 Å². The number of rotatable bonds is 18. The van der Waals surface area contributed by atoms with Crippen LogP contribution in [0.4, 0.5) is 0 Å². The van der Waals surface area contributed by atoms with Crippen molar-refractivity contribution in [1.82, 2.24) is 5.32 Å². The molecule has 0 radical (unpaired) electrons. The molecule has 0 aliphatic carbocycles. The van der Waals surface area contributed by atoms with Crippen molar-refractivity contribution in [2.24, 2.45) is 0 Å². The fourth-order valence-electron chi connectivity index (χ4n) is 2.92. The summed E-state index contributed by atoms with van der Waals surface area (Å²) < 4.78 is 0. The molecular weight excluding hydrogens is 341 g/mol. The van der Waals surface area contributed by atoms with Crippen LogP contribution in [0.25, 0.3) is 0 Å². The minimum atomic E-state index is -0.986. The topological polar surface area (TPSA) is 66.4 Å². The van der Waals surface area contributed by atoms with E-state index < -0.39 is 5.97 Å². The molecule has 0 heterocycles. The maximum atomic E-state index is 11.3. The number of carboxylic acids is 1. The van der Waals surface area contributed by atoms with Crippen molar-refractivity contribution in [3.63, 3.8) is 0 Å². The van der Waals surface area contributed by atoms with Crippen molar-refractivity contribution < 1.29 is 14.7 Å². The molecule has 0 saturated carbocycles. The first-order valence-electron chi connectivity index (χ1n) is 10.1. The summed E-state index contributed by atoms with van der Waals surface area (Å²) in [6.07, 6.45) is 20.0. The van der Waals surface area contributed by atoms with Crippen LogP contribution in [0.15, 0.2) is 0 Å². The number of hydrogen-bond acceptors (Lipinski definition) is 2. The van der Waals surface area contributed by atoms with Gasteiger partial charge in [-0.2, -0.15) is 0 Å². The van der Waals surface area contributed by atoms with E-state index in [4.69, 9.17) is 5.11 Å². The van der Waals surface area contributed by atoms with Crippen LogP contribution in [0.1, 0.15) is 110 Å². The standard InChI is InChI=1S/C20H39NO3.K.H/c1-2-3-4-5-6-7-8-9-10-11-12-13-14-15-16-17-19(22)21-18-20(23)24;;/h2-18H2,1H3,(H,21,22)(H,23,24);;. The van der Waals surface area contributed by atoms with Crippen LogP contribution in [0.3, 0.4) is 0 Å². The summed E-state index contributed by atoms with van der Waals surface area (Å²) in [4.78, 5) is 21.6. The Morgan fingerprint density at radius 2 is 1.04 bits per heavy atom. The van der Waals surface area contributed by atoms with E-state index in [0.29, 0.717) is 6.42 Å². The van der Waals surface area contributed by atoms with Gasteiger partial charge in [-0.15, -0.1) is 0 Å². The molecule has 0 spiro atoms. The zero-order valence-corrected chi connectivity index (χ0v) is 15.8. The molecule has 0 unspecified atom stereocenters. The Morgan fingerprint density at radius 1 is 0.680 bits per heavy atom. The van der Waals surface area contributed by atoms with Crippen LogP contribution >= 0.6 is 0 Å². The molecule has 0 aromatic heterocycles. The first-order chi connectivity index (χ1) is 11.7. The van der Waals surface area contributed by atoms with E-state index >= 15 is 0 Å². The van der Waals surface area contributed by atoms with Crippen molar-refractivity contribution >= 4 is 63.3 Å². The van der Waals surface area contributed by atoms with E-state index in [2.05, 4.69) is 12.2 Å². The Bertz CT molecular complexity index is 311. The zero-order valence-electron chi connectivity index (χ0n) is 15.8. The predicted octanol–water partition coefficient (Wildman–Crippen LogP) is 4.80. The van der Waals surface area contributed by atoms with Crippen molar-refractivity contribution in [1.29, 1.82) is 0 Å². The molecule has 0 aliphatic rings. The van der Waals surface area contributed by atoms with E-state index in [9.17, 15) is 9.59 Å². The summed E-state index contributed by atoms with van der Waals surface area (Å²) in [6.45, 7) is 2.00. The SMILES string of the molecule is CCCCCCCCCCCCCCCCCC(=O)NCC(=O)O.[KH]. The van der Waals surface area contributed by atoms with Gasteiger partial charge in [-0.25, -0.2) is 0 Å². The first-order valence-corrected chi connectivity index (χ1v) is 10.1. The minimum absolute atomic E-state index is 0. The molecule has 0 bridgehead atoms. The molecule has 0 aromatic rings. The Labute approximate surface area is 197 Å². The molecule has 0 rings (SSSR count).